The number of para-hydroxylation sites is 1. The maximum atomic E-state index is 13.4. The third-order valence-corrected chi connectivity index (χ3v) is 11.0. The van der Waals surface area contributed by atoms with E-state index in [-0.39, 0.29) is 11.8 Å². The van der Waals surface area contributed by atoms with Gasteiger partial charge in [-0.15, -0.1) is 0 Å². The maximum Gasteiger partial charge on any atom is 0.180 e. The fourth-order valence-electron chi connectivity index (χ4n) is 7.22. The Balaban J connectivity index is 1.16. The second-order valence-electron chi connectivity index (χ2n) is 12.2. The van der Waals surface area contributed by atoms with Crippen LogP contribution in [0.1, 0.15) is 77.8 Å². The summed E-state index contributed by atoms with van der Waals surface area (Å²) in [5, 5.41) is 0. The number of anilines is 1. The molecule has 0 N–H and O–H groups in total. The van der Waals surface area contributed by atoms with Crippen LogP contribution in [0.25, 0.3) is 0 Å². The molecule has 1 unspecified atom stereocenters. The first-order valence-corrected chi connectivity index (χ1v) is 17.1. The normalized spacial score (nSPS) is 21.2. The molecule has 3 aromatic carbocycles. The van der Waals surface area contributed by atoms with Crippen molar-refractivity contribution >= 4 is 15.5 Å². The predicted molar refractivity (Wildman–Crippen MR) is 166 cm³/mol. The van der Waals surface area contributed by atoms with Gasteiger partial charge in [0.2, 0.25) is 0 Å². The topological polar surface area (TPSA) is 59.8 Å². The van der Waals surface area contributed by atoms with Crippen LogP contribution in [0.3, 0.4) is 0 Å². The van der Waals surface area contributed by atoms with Gasteiger partial charge in [-0.05, 0) is 66.5 Å². The summed E-state index contributed by atoms with van der Waals surface area (Å²) in [6.45, 7) is 4.14. The standard InChI is InChI=1S/C36H39NO4S/c1-25-23-30-32(17-10-21-40-24-26-11-4-2-5-12-26)41-36(27-18-19-27)34(30)35-33(25)29-15-8-9-16-31(29)37(35)20-22-42(38,39)28-13-6-3-7-14-28/h2-9,11-16,25,27,33,35H,10,17-24H2,1H3/t25?,33-,35+/m1/s1. The van der Waals surface area contributed by atoms with Gasteiger partial charge in [0.15, 0.2) is 9.84 Å². The van der Waals surface area contributed by atoms with E-state index in [9.17, 15) is 8.42 Å². The van der Waals surface area contributed by atoms with E-state index < -0.39 is 9.84 Å². The molecule has 1 fully saturated rings. The van der Waals surface area contributed by atoms with Crippen molar-refractivity contribution in [3.05, 3.63) is 119 Å². The Hall–Kier alpha value is -3.35. The Morgan fingerprint density at radius 1 is 0.929 bits per heavy atom. The SMILES string of the molecule is CC1Cc2c(CCCOCc3ccccc3)oc(C3CC3)c2[C@@H]2[C@H]1c1ccccc1N2CCS(=O)(=O)c1ccccc1. The van der Waals surface area contributed by atoms with Crippen LogP contribution in [0.4, 0.5) is 5.69 Å². The first-order valence-electron chi connectivity index (χ1n) is 15.4. The van der Waals surface area contributed by atoms with Gasteiger partial charge < -0.3 is 14.1 Å². The molecular formula is C36H39NO4S. The molecule has 42 heavy (non-hydrogen) atoms. The zero-order valence-corrected chi connectivity index (χ0v) is 25.1. The molecule has 5 nitrogen and oxygen atoms in total. The average molecular weight is 582 g/mol. The molecule has 1 aliphatic heterocycles. The summed E-state index contributed by atoms with van der Waals surface area (Å²) in [5.41, 5.74) is 6.44. The predicted octanol–water partition coefficient (Wildman–Crippen LogP) is 7.62. The maximum absolute atomic E-state index is 13.4. The molecule has 0 amide bonds. The molecule has 1 aromatic heterocycles. The highest BCUT2D eigenvalue weighted by molar-refractivity contribution is 7.91. The summed E-state index contributed by atoms with van der Waals surface area (Å²) < 4.78 is 39.5. The molecule has 3 atom stereocenters. The van der Waals surface area contributed by atoms with Crippen LogP contribution >= 0.6 is 0 Å². The lowest BCUT2D eigenvalue weighted by Crippen LogP contribution is -2.36. The highest BCUT2D eigenvalue weighted by Crippen LogP contribution is 2.60. The van der Waals surface area contributed by atoms with Crippen molar-refractivity contribution in [2.45, 2.75) is 68.4 Å². The van der Waals surface area contributed by atoms with Crippen LogP contribution in [-0.2, 0) is 34.0 Å². The van der Waals surface area contributed by atoms with E-state index in [1.807, 2.05) is 24.3 Å². The molecule has 0 radical (unpaired) electrons. The monoisotopic (exact) mass is 581 g/mol. The van der Waals surface area contributed by atoms with Gasteiger partial charge in [0, 0.05) is 42.7 Å². The second kappa shape index (κ2) is 11.4. The minimum atomic E-state index is -3.40. The molecular weight excluding hydrogens is 542 g/mol. The fourth-order valence-corrected chi connectivity index (χ4v) is 8.46. The zero-order valence-electron chi connectivity index (χ0n) is 24.2. The van der Waals surface area contributed by atoms with Crippen LogP contribution < -0.4 is 4.90 Å². The van der Waals surface area contributed by atoms with E-state index in [0.29, 0.717) is 42.4 Å². The van der Waals surface area contributed by atoms with Gasteiger partial charge in [0.05, 0.1) is 23.3 Å². The number of aryl methyl sites for hydroxylation is 1. The largest absolute Gasteiger partial charge is 0.465 e. The first-order chi connectivity index (χ1) is 20.5. The number of benzene rings is 3. The number of fused-ring (bicyclic) bond motifs is 5. The van der Waals surface area contributed by atoms with Crippen LogP contribution in [0.15, 0.2) is 94.2 Å². The molecule has 1 saturated carbocycles. The Morgan fingerprint density at radius 3 is 2.40 bits per heavy atom. The Morgan fingerprint density at radius 2 is 1.64 bits per heavy atom. The lowest BCUT2D eigenvalue weighted by molar-refractivity contribution is 0.117. The van der Waals surface area contributed by atoms with Gasteiger partial charge in [-0.2, -0.15) is 0 Å². The molecule has 4 aromatic rings. The molecule has 0 bridgehead atoms. The number of ether oxygens (including phenoxy) is 1. The van der Waals surface area contributed by atoms with Crippen molar-refractivity contribution in [2.75, 3.05) is 23.8 Å². The van der Waals surface area contributed by atoms with Gasteiger partial charge in [0.25, 0.3) is 0 Å². The lowest BCUT2D eigenvalue weighted by Gasteiger charge is -2.37. The van der Waals surface area contributed by atoms with E-state index in [0.717, 1.165) is 30.8 Å². The number of hydrogen-bond acceptors (Lipinski definition) is 5. The highest BCUT2D eigenvalue weighted by atomic mass is 32.2. The Kier molecular flexibility index (Phi) is 7.45. The summed E-state index contributed by atoms with van der Waals surface area (Å²) in [6.07, 6.45) is 5.11. The first kappa shape index (κ1) is 27.5. The van der Waals surface area contributed by atoms with Gasteiger partial charge >= 0.3 is 0 Å². The average Bonchev–Trinajstić information content (AvgIpc) is 3.72. The molecule has 2 heterocycles. The van der Waals surface area contributed by atoms with E-state index in [4.69, 9.17) is 9.15 Å². The van der Waals surface area contributed by atoms with Crippen molar-refractivity contribution < 1.29 is 17.6 Å². The third kappa shape index (κ3) is 5.20. The van der Waals surface area contributed by atoms with E-state index >= 15 is 0 Å². The van der Waals surface area contributed by atoms with Gasteiger partial charge in [-0.1, -0.05) is 73.7 Å². The van der Waals surface area contributed by atoms with E-state index in [2.05, 4.69) is 48.2 Å². The highest BCUT2D eigenvalue weighted by Gasteiger charge is 2.50. The summed E-state index contributed by atoms with van der Waals surface area (Å²) in [7, 11) is -3.40. The Bertz CT molecular complexity index is 1640. The van der Waals surface area contributed by atoms with Crippen LogP contribution in [0, 0.1) is 5.92 Å². The number of sulfone groups is 1. The summed E-state index contributed by atoms with van der Waals surface area (Å²) in [6, 6.07) is 27.9. The molecule has 218 valence electrons. The molecule has 0 spiro atoms. The van der Waals surface area contributed by atoms with Gasteiger partial charge in [0.1, 0.15) is 11.5 Å². The zero-order chi connectivity index (χ0) is 28.7. The number of furan rings is 1. The molecule has 7 rings (SSSR count). The van der Waals surface area contributed by atoms with Crippen molar-refractivity contribution in [3.8, 4) is 0 Å². The van der Waals surface area contributed by atoms with Crippen molar-refractivity contribution in [1.82, 2.24) is 0 Å². The summed E-state index contributed by atoms with van der Waals surface area (Å²) in [5.74, 6) is 3.60. The van der Waals surface area contributed by atoms with Crippen molar-refractivity contribution in [2.24, 2.45) is 5.92 Å². The fraction of sp³-hybridized carbons (Fsp3) is 0.389. The van der Waals surface area contributed by atoms with Gasteiger partial charge in [-0.3, -0.25) is 0 Å². The Labute approximate surface area is 249 Å². The quantitative estimate of drug-likeness (QED) is 0.171. The van der Waals surface area contributed by atoms with Crippen LogP contribution in [0.5, 0.6) is 0 Å². The third-order valence-electron chi connectivity index (χ3n) is 9.33. The van der Waals surface area contributed by atoms with E-state index in [1.54, 1.807) is 24.3 Å². The summed E-state index contributed by atoms with van der Waals surface area (Å²) in [4.78, 5) is 2.79. The number of hydrogen-bond donors (Lipinski definition) is 0. The van der Waals surface area contributed by atoms with Crippen LogP contribution in [-0.4, -0.2) is 27.3 Å². The number of nitrogens with zero attached hydrogens (tertiary/aromatic N) is 1. The lowest BCUT2D eigenvalue weighted by atomic mass is 9.71. The molecule has 6 heteroatoms. The van der Waals surface area contributed by atoms with Crippen LogP contribution in [0.2, 0.25) is 0 Å². The second-order valence-corrected chi connectivity index (χ2v) is 14.3. The molecule has 2 aliphatic carbocycles. The smallest absolute Gasteiger partial charge is 0.180 e. The number of rotatable bonds is 11. The minimum Gasteiger partial charge on any atom is -0.465 e. The van der Waals surface area contributed by atoms with Crippen molar-refractivity contribution in [1.29, 1.82) is 0 Å². The summed E-state index contributed by atoms with van der Waals surface area (Å²) >= 11 is 0. The molecule has 3 aliphatic rings. The minimum absolute atomic E-state index is 0.0838. The van der Waals surface area contributed by atoms with Gasteiger partial charge in [-0.25, -0.2) is 8.42 Å². The van der Waals surface area contributed by atoms with E-state index in [1.165, 1.54) is 40.8 Å². The van der Waals surface area contributed by atoms with Crippen molar-refractivity contribution in [3.63, 3.8) is 0 Å². The molecule has 0 saturated heterocycles.